The Morgan fingerprint density at radius 2 is 2.00 bits per heavy atom. The highest BCUT2D eigenvalue weighted by molar-refractivity contribution is 8.03. The molecular weight excluding hydrogens is 278 g/mol. The highest BCUT2D eigenvalue weighted by Crippen LogP contribution is 2.30. The van der Waals surface area contributed by atoms with Crippen LogP contribution in [-0.4, -0.2) is 40.3 Å². The van der Waals surface area contributed by atoms with Crippen LogP contribution in [0.4, 0.5) is 0 Å². The molecular formula is C13H23N3O3S. The molecule has 6 nitrogen and oxygen atoms in total. The van der Waals surface area contributed by atoms with Crippen LogP contribution in [0.25, 0.3) is 0 Å². The van der Waals surface area contributed by atoms with E-state index in [-0.39, 0.29) is 6.61 Å². The van der Waals surface area contributed by atoms with Gasteiger partial charge in [0.15, 0.2) is 0 Å². The molecule has 20 heavy (non-hydrogen) atoms. The molecule has 0 bridgehead atoms. The fourth-order valence-electron chi connectivity index (χ4n) is 2.33. The molecule has 0 aromatic rings. The Morgan fingerprint density at radius 3 is 2.45 bits per heavy atom. The van der Waals surface area contributed by atoms with Crippen LogP contribution in [0.15, 0.2) is 15.6 Å². The summed E-state index contributed by atoms with van der Waals surface area (Å²) >= 11 is 1.70. The molecule has 0 aliphatic carbocycles. The smallest absolute Gasteiger partial charge is 0.294 e. The van der Waals surface area contributed by atoms with Crippen molar-refractivity contribution >= 4 is 17.6 Å². The maximum Gasteiger partial charge on any atom is 0.294 e. The molecule has 0 aromatic heterocycles. The third-order valence-electron chi connectivity index (χ3n) is 3.01. The zero-order chi connectivity index (χ0) is 15.3. The number of rotatable bonds is 6. The molecule has 1 heterocycles. The second kappa shape index (κ2) is 7.52. The summed E-state index contributed by atoms with van der Waals surface area (Å²) in [5.41, 5.74) is 0.939. The topological polar surface area (TPSA) is 68.0 Å². The number of hydrogen-bond acceptors (Lipinski definition) is 6. The summed E-state index contributed by atoms with van der Waals surface area (Å²) in [5.74, 6) is 1.89. The van der Waals surface area contributed by atoms with Crippen LogP contribution in [0.2, 0.25) is 0 Å². The maximum atomic E-state index is 10.1. The van der Waals surface area contributed by atoms with E-state index in [2.05, 4.69) is 42.4 Å². The van der Waals surface area contributed by atoms with E-state index in [9.17, 15) is 10.1 Å². The third kappa shape index (κ3) is 4.70. The first kappa shape index (κ1) is 16.8. The lowest BCUT2D eigenvalue weighted by molar-refractivity contribution is -0.757. The molecule has 7 heteroatoms. The molecule has 1 rings (SSSR count). The lowest BCUT2D eigenvalue weighted by Crippen LogP contribution is -2.43. The van der Waals surface area contributed by atoms with Gasteiger partial charge in [-0.3, -0.25) is 0 Å². The van der Waals surface area contributed by atoms with Gasteiger partial charge >= 0.3 is 0 Å². The first-order valence-corrected chi connectivity index (χ1v) is 7.77. The first-order valence-electron chi connectivity index (χ1n) is 6.78. The van der Waals surface area contributed by atoms with Crippen molar-refractivity contribution in [2.24, 2.45) is 4.99 Å². The SMILES string of the molecule is CC1=C(CCO[N+](=O)[O-])SCC(N(C(C)C)C(C)C)=N1. The Hall–Kier alpha value is -1.24. The molecule has 0 saturated heterocycles. The molecule has 0 aromatic carbocycles. The van der Waals surface area contributed by atoms with E-state index in [0.717, 1.165) is 22.2 Å². The zero-order valence-electron chi connectivity index (χ0n) is 12.8. The van der Waals surface area contributed by atoms with E-state index in [1.807, 2.05) is 6.92 Å². The summed E-state index contributed by atoms with van der Waals surface area (Å²) in [6.45, 7) is 10.7. The molecule has 0 N–H and O–H groups in total. The van der Waals surface area contributed by atoms with E-state index in [0.29, 0.717) is 18.5 Å². The average Bonchev–Trinajstić information content (AvgIpc) is 2.30. The fraction of sp³-hybridized carbons (Fsp3) is 0.769. The van der Waals surface area contributed by atoms with Crippen LogP contribution >= 0.6 is 11.8 Å². The molecule has 0 atom stereocenters. The number of hydrogen-bond donors (Lipinski definition) is 0. The Bertz CT molecular complexity index is 411. The monoisotopic (exact) mass is 301 g/mol. The van der Waals surface area contributed by atoms with Crippen molar-refractivity contribution in [3.63, 3.8) is 0 Å². The third-order valence-corrected chi connectivity index (χ3v) is 4.26. The minimum Gasteiger partial charge on any atom is -0.354 e. The number of nitrogens with zero attached hydrogens (tertiary/aromatic N) is 3. The van der Waals surface area contributed by atoms with Crippen molar-refractivity contribution in [1.29, 1.82) is 0 Å². The minimum atomic E-state index is -0.753. The summed E-state index contributed by atoms with van der Waals surface area (Å²) in [6, 6.07) is 0.808. The van der Waals surface area contributed by atoms with Crippen LogP contribution < -0.4 is 0 Å². The Balaban J connectivity index is 2.75. The van der Waals surface area contributed by atoms with Crippen molar-refractivity contribution in [3.05, 3.63) is 20.7 Å². The van der Waals surface area contributed by atoms with Crippen molar-refractivity contribution in [1.82, 2.24) is 4.90 Å². The van der Waals surface area contributed by atoms with Gasteiger partial charge in [0, 0.05) is 29.1 Å². The van der Waals surface area contributed by atoms with Gasteiger partial charge < -0.3 is 9.74 Å². The standard InChI is InChI=1S/C13H23N3O3S/c1-9(2)15(10(3)4)13-8-20-12(11(5)14-13)6-7-19-16(17)18/h9-10H,6-8H2,1-5H3. The molecule has 0 saturated carbocycles. The lowest BCUT2D eigenvalue weighted by atomic mass is 10.2. The average molecular weight is 301 g/mol. The Morgan fingerprint density at radius 1 is 1.40 bits per heavy atom. The highest BCUT2D eigenvalue weighted by atomic mass is 32.2. The van der Waals surface area contributed by atoms with Gasteiger partial charge in [0.05, 0.1) is 5.75 Å². The van der Waals surface area contributed by atoms with Crippen LogP contribution in [-0.2, 0) is 4.84 Å². The first-order chi connectivity index (χ1) is 9.32. The summed E-state index contributed by atoms with van der Waals surface area (Å²) in [7, 11) is 0. The van der Waals surface area contributed by atoms with Crippen LogP contribution in [0.1, 0.15) is 41.0 Å². The predicted molar refractivity (Wildman–Crippen MR) is 82.3 cm³/mol. The van der Waals surface area contributed by atoms with E-state index in [4.69, 9.17) is 0 Å². The molecule has 1 aliphatic heterocycles. The van der Waals surface area contributed by atoms with Gasteiger partial charge in [0.1, 0.15) is 12.4 Å². The second-order valence-electron chi connectivity index (χ2n) is 5.23. The van der Waals surface area contributed by atoms with Gasteiger partial charge in [0.2, 0.25) is 0 Å². The van der Waals surface area contributed by atoms with Gasteiger partial charge in [-0.15, -0.1) is 21.9 Å². The lowest BCUT2D eigenvalue weighted by Gasteiger charge is -2.35. The van der Waals surface area contributed by atoms with Crippen molar-refractivity contribution in [2.45, 2.75) is 53.1 Å². The van der Waals surface area contributed by atoms with Crippen LogP contribution in [0, 0.1) is 10.1 Å². The van der Waals surface area contributed by atoms with Crippen LogP contribution in [0.5, 0.6) is 0 Å². The number of allylic oxidation sites excluding steroid dienone is 1. The van der Waals surface area contributed by atoms with E-state index in [1.54, 1.807) is 11.8 Å². The molecule has 0 spiro atoms. The maximum absolute atomic E-state index is 10.1. The molecule has 0 fully saturated rings. The largest absolute Gasteiger partial charge is 0.354 e. The highest BCUT2D eigenvalue weighted by Gasteiger charge is 2.22. The zero-order valence-corrected chi connectivity index (χ0v) is 13.6. The quantitative estimate of drug-likeness (QED) is 0.557. The van der Waals surface area contributed by atoms with Crippen molar-refractivity contribution < 1.29 is 9.92 Å². The van der Waals surface area contributed by atoms with E-state index < -0.39 is 5.09 Å². The number of aliphatic imine (C=N–C) groups is 1. The van der Waals surface area contributed by atoms with Gasteiger partial charge in [0.25, 0.3) is 5.09 Å². The molecule has 1 aliphatic rings. The van der Waals surface area contributed by atoms with Crippen LogP contribution in [0.3, 0.4) is 0 Å². The summed E-state index contributed by atoms with van der Waals surface area (Å²) in [6.07, 6.45) is 0.539. The molecule has 0 unspecified atom stereocenters. The summed E-state index contributed by atoms with van der Waals surface area (Å²) < 4.78 is 0. The molecule has 0 radical (unpaired) electrons. The summed E-state index contributed by atoms with van der Waals surface area (Å²) in [5, 5.41) is 9.39. The minimum absolute atomic E-state index is 0.0929. The van der Waals surface area contributed by atoms with E-state index >= 15 is 0 Å². The number of amidine groups is 1. The molecule has 0 amide bonds. The van der Waals surface area contributed by atoms with Crippen molar-refractivity contribution in [3.8, 4) is 0 Å². The predicted octanol–water partition coefficient (Wildman–Crippen LogP) is 3.08. The van der Waals surface area contributed by atoms with Gasteiger partial charge in [-0.1, -0.05) is 0 Å². The van der Waals surface area contributed by atoms with Gasteiger partial charge in [-0.2, -0.15) is 0 Å². The van der Waals surface area contributed by atoms with Crippen molar-refractivity contribution in [2.75, 3.05) is 12.4 Å². The van der Waals surface area contributed by atoms with Gasteiger partial charge in [-0.05, 0) is 34.6 Å². The summed E-state index contributed by atoms with van der Waals surface area (Å²) in [4.78, 5) is 22.6. The van der Waals surface area contributed by atoms with Gasteiger partial charge in [-0.25, -0.2) is 4.99 Å². The second-order valence-corrected chi connectivity index (χ2v) is 6.30. The fourth-order valence-corrected chi connectivity index (χ4v) is 3.33. The molecule has 114 valence electrons. The Labute approximate surface area is 124 Å². The van der Waals surface area contributed by atoms with E-state index in [1.165, 1.54) is 0 Å². The normalized spacial score (nSPS) is 15.7. The number of thioether (sulfide) groups is 1. The Kier molecular flexibility index (Phi) is 6.32.